The van der Waals surface area contributed by atoms with Crippen LogP contribution < -0.4 is 10.1 Å². The van der Waals surface area contributed by atoms with E-state index >= 15 is 0 Å². The Morgan fingerprint density at radius 3 is 2.84 bits per heavy atom. The van der Waals surface area contributed by atoms with Gasteiger partial charge in [0.05, 0.1) is 6.04 Å². The van der Waals surface area contributed by atoms with Gasteiger partial charge in [-0.2, -0.15) is 13.2 Å². The number of para-hydroxylation sites is 1. The summed E-state index contributed by atoms with van der Waals surface area (Å²) in [6, 6.07) is 7.87. The fourth-order valence-corrected chi connectivity index (χ4v) is 2.34. The fourth-order valence-electron chi connectivity index (χ4n) is 2.34. The van der Waals surface area contributed by atoms with E-state index in [4.69, 9.17) is 4.74 Å². The molecule has 1 aliphatic rings. The Balaban J connectivity index is 1.79. The molecule has 2 unspecified atom stereocenters. The van der Waals surface area contributed by atoms with Crippen LogP contribution in [0.25, 0.3) is 0 Å². The van der Waals surface area contributed by atoms with Gasteiger partial charge in [-0.15, -0.1) is 0 Å². The first-order chi connectivity index (χ1) is 8.96. The van der Waals surface area contributed by atoms with E-state index in [1.807, 2.05) is 31.2 Å². The van der Waals surface area contributed by atoms with Gasteiger partial charge in [0.1, 0.15) is 12.4 Å². The van der Waals surface area contributed by atoms with Crippen molar-refractivity contribution in [2.75, 3.05) is 6.61 Å². The third-order valence-corrected chi connectivity index (χ3v) is 3.28. The van der Waals surface area contributed by atoms with Gasteiger partial charge in [0.15, 0.2) is 0 Å². The minimum Gasteiger partial charge on any atom is -0.491 e. The lowest BCUT2D eigenvalue weighted by atomic mass is 10.1. The molecule has 5 heteroatoms. The van der Waals surface area contributed by atoms with Crippen LogP contribution in [0.3, 0.4) is 0 Å². The number of rotatable bonds is 5. The van der Waals surface area contributed by atoms with Crippen molar-refractivity contribution in [2.45, 2.75) is 44.4 Å². The summed E-state index contributed by atoms with van der Waals surface area (Å²) in [6.45, 7) is 2.46. The highest BCUT2D eigenvalue weighted by Crippen LogP contribution is 2.32. The van der Waals surface area contributed by atoms with Gasteiger partial charge in [0.25, 0.3) is 0 Å². The molecule has 2 nitrogen and oxygen atoms in total. The minimum atomic E-state index is -4.05. The van der Waals surface area contributed by atoms with Gasteiger partial charge in [0, 0.05) is 18.0 Å². The molecule has 0 amide bonds. The molecule has 106 valence electrons. The predicted octanol–water partition coefficient (Wildman–Crippen LogP) is 3.83. The Morgan fingerprint density at radius 2 is 2.11 bits per heavy atom. The van der Waals surface area contributed by atoms with Crippen molar-refractivity contribution in [3.05, 3.63) is 29.8 Å². The van der Waals surface area contributed by atoms with Crippen molar-refractivity contribution in [3.63, 3.8) is 0 Å². The molecule has 1 aromatic rings. The van der Waals surface area contributed by atoms with Crippen LogP contribution >= 0.6 is 0 Å². The highest BCUT2D eigenvalue weighted by Gasteiger charge is 2.27. The van der Waals surface area contributed by atoms with Crippen LogP contribution in [0, 0.1) is 0 Å². The van der Waals surface area contributed by atoms with E-state index in [1.54, 1.807) is 0 Å². The number of ether oxygens (including phenoxy) is 1. The zero-order chi connectivity index (χ0) is 13.9. The van der Waals surface area contributed by atoms with Crippen molar-refractivity contribution in [3.8, 4) is 5.75 Å². The molecule has 1 aromatic carbocycles. The van der Waals surface area contributed by atoms with Crippen LogP contribution in [0.5, 0.6) is 5.75 Å². The largest absolute Gasteiger partial charge is 0.491 e. The second-order valence-electron chi connectivity index (χ2n) is 4.98. The first kappa shape index (κ1) is 14.2. The molecule has 0 aliphatic carbocycles. The lowest BCUT2D eigenvalue weighted by Crippen LogP contribution is -2.31. The molecule has 0 aromatic heterocycles. The van der Waals surface area contributed by atoms with Crippen LogP contribution in [0.15, 0.2) is 24.3 Å². The molecule has 0 bridgehead atoms. The van der Waals surface area contributed by atoms with Gasteiger partial charge in [0.2, 0.25) is 0 Å². The summed E-state index contributed by atoms with van der Waals surface area (Å²) in [4.78, 5) is 0. The predicted molar refractivity (Wildman–Crippen MR) is 67.2 cm³/mol. The molecular weight excluding hydrogens is 255 g/mol. The number of benzene rings is 1. The molecule has 2 rings (SSSR count). The summed E-state index contributed by atoms with van der Waals surface area (Å²) >= 11 is 0. The van der Waals surface area contributed by atoms with E-state index in [9.17, 15) is 13.2 Å². The molecule has 0 fully saturated rings. The zero-order valence-corrected chi connectivity index (χ0v) is 10.8. The van der Waals surface area contributed by atoms with Crippen LogP contribution in [0.1, 0.15) is 37.8 Å². The van der Waals surface area contributed by atoms with Crippen molar-refractivity contribution in [1.29, 1.82) is 0 Å². The van der Waals surface area contributed by atoms with Crippen molar-refractivity contribution < 1.29 is 17.9 Å². The summed E-state index contributed by atoms with van der Waals surface area (Å²) in [5, 5.41) is 3.33. The number of hydrogen-bond acceptors (Lipinski definition) is 2. The van der Waals surface area contributed by atoms with Crippen LogP contribution in [0.2, 0.25) is 0 Å². The van der Waals surface area contributed by atoms with Gasteiger partial charge < -0.3 is 10.1 Å². The third-order valence-electron chi connectivity index (χ3n) is 3.28. The average Bonchev–Trinajstić information content (AvgIpc) is 2.71. The maximum atomic E-state index is 12.1. The molecule has 1 aliphatic heterocycles. The second-order valence-corrected chi connectivity index (χ2v) is 4.98. The van der Waals surface area contributed by atoms with E-state index in [1.165, 1.54) is 0 Å². The van der Waals surface area contributed by atoms with E-state index in [0.717, 1.165) is 11.3 Å². The highest BCUT2D eigenvalue weighted by molar-refractivity contribution is 5.39. The number of nitrogens with one attached hydrogen (secondary N) is 1. The fraction of sp³-hybridized carbons (Fsp3) is 0.571. The third kappa shape index (κ3) is 4.13. The second kappa shape index (κ2) is 5.82. The molecule has 0 radical (unpaired) electrons. The van der Waals surface area contributed by atoms with Gasteiger partial charge in [-0.25, -0.2) is 0 Å². The summed E-state index contributed by atoms with van der Waals surface area (Å²) in [7, 11) is 0. The zero-order valence-electron chi connectivity index (χ0n) is 10.8. The number of fused-ring (bicyclic) bond motifs is 1. The van der Waals surface area contributed by atoms with Crippen LogP contribution in [-0.4, -0.2) is 18.8 Å². The van der Waals surface area contributed by atoms with Crippen molar-refractivity contribution >= 4 is 0 Å². The molecule has 1 heterocycles. The Hall–Kier alpha value is -1.23. The summed E-state index contributed by atoms with van der Waals surface area (Å²) in [5.41, 5.74) is 1.09. The molecule has 1 N–H and O–H groups in total. The lowest BCUT2D eigenvalue weighted by Gasteiger charge is -2.19. The monoisotopic (exact) mass is 273 g/mol. The normalized spacial score (nSPS) is 19.9. The van der Waals surface area contributed by atoms with Gasteiger partial charge in [-0.1, -0.05) is 18.2 Å². The Morgan fingerprint density at radius 1 is 1.37 bits per heavy atom. The highest BCUT2D eigenvalue weighted by atomic mass is 19.4. The molecule has 19 heavy (non-hydrogen) atoms. The van der Waals surface area contributed by atoms with Gasteiger partial charge >= 0.3 is 6.18 Å². The number of halogens is 3. The Kier molecular flexibility index (Phi) is 4.34. The number of alkyl halides is 3. The van der Waals surface area contributed by atoms with E-state index in [-0.39, 0.29) is 18.5 Å². The molecule has 0 saturated heterocycles. The summed E-state index contributed by atoms with van der Waals surface area (Å²) in [6.07, 6.45) is -4.09. The maximum absolute atomic E-state index is 12.1. The molecule has 2 atom stereocenters. The maximum Gasteiger partial charge on any atom is 0.389 e. The van der Waals surface area contributed by atoms with Crippen molar-refractivity contribution in [1.82, 2.24) is 5.32 Å². The van der Waals surface area contributed by atoms with Gasteiger partial charge in [-0.05, 0) is 25.8 Å². The van der Waals surface area contributed by atoms with E-state index in [2.05, 4.69) is 5.32 Å². The standard InChI is InChI=1S/C14H18F3NO/c1-10(5-4-8-14(15,16)17)18-12-9-19-13-7-3-2-6-11(12)13/h2-3,6-7,10,12,18H,4-5,8-9H2,1H3. The first-order valence-electron chi connectivity index (χ1n) is 6.50. The SMILES string of the molecule is CC(CCCC(F)(F)F)NC1COc2ccccc21. The molecule has 0 saturated carbocycles. The smallest absolute Gasteiger partial charge is 0.389 e. The van der Waals surface area contributed by atoms with Gasteiger partial charge in [-0.3, -0.25) is 0 Å². The van der Waals surface area contributed by atoms with Crippen LogP contribution in [0.4, 0.5) is 13.2 Å². The average molecular weight is 273 g/mol. The topological polar surface area (TPSA) is 21.3 Å². The van der Waals surface area contributed by atoms with E-state index in [0.29, 0.717) is 13.0 Å². The summed E-state index contributed by atoms with van der Waals surface area (Å²) < 4.78 is 41.7. The van der Waals surface area contributed by atoms with Crippen molar-refractivity contribution in [2.24, 2.45) is 0 Å². The van der Waals surface area contributed by atoms with E-state index < -0.39 is 12.6 Å². The molecular formula is C14H18F3NO. The number of hydrogen-bond donors (Lipinski definition) is 1. The minimum absolute atomic E-state index is 0.0436. The quantitative estimate of drug-likeness (QED) is 0.880. The lowest BCUT2D eigenvalue weighted by molar-refractivity contribution is -0.135. The Bertz CT molecular complexity index is 419. The van der Waals surface area contributed by atoms with Crippen LogP contribution in [-0.2, 0) is 0 Å². The Labute approximate surface area is 111 Å². The first-order valence-corrected chi connectivity index (χ1v) is 6.50. The summed E-state index contributed by atoms with van der Waals surface area (Å²) in [5.74, 6) is 0.863. The molecule has 0 spiro atoms.